The molecule has 1 atom stereocenters. The van der Waals surface area contributed by atoms with Gasteiger partial charge in [-0.15, -0.1) is 0 Å². The lowest BCUT2D eigenvalue weighted by Gasteiger charge is -2.00. The van der Waals surface area contributed by atoms with E-state index < -0.39 is 6.10 Å². The number of rotatable bonds is 12. The maximum Gasteiger partial charge on any atom is 0.115 e. The van der Waals surface area contributed by atoms with Crippen molar-refractivity contribution in [1.29, 1.82) is 0 Å². The lowest BCUT2D eigenvalue weighted by molar-refractivity contribution is 0.217. The largest absolute Gasteiger partial charge is 0.380 e. The minimum Gasteiger partial charge on any atom is -0.380 e. The molecule has 0 saturated heterocycles. The first-order valence-electron chi connectivity index (χ1n) is 8.80. The minimum atomic E-state index is -0.450. The molecule has 0 aliphatic heterocycles. The lowest BCUT2D eigenvalue weighted by atomic mass is 10.1. The van der Waals surface area contributed by atoms with Crippen LogP contribution in [0.4, 0.5) is 0 Å². The molecule has 1 heteroatoms. The molecule has 0 unspecified atom stereocenters. The number of hydrogen-bond acceptors (Lipinski definition) is 1. The van der Waals surface area contributed by atoms with Crippen molar-refractivity contribution in [3.63, 3.8) is 0 Å². The van der Waals surface area contributed by atoms with Gasteiger partial charge in [-0.1, -0.05) is 69.6 Å². The third-order valence-corrected chi connectivity index (χ3v) is 3.41. The maximum atomic E-state index is 9.62. The van der Waals surface area contributed by atoms with Crippen molar-refractivity contribution < 1.29 is 5.11 Å². The van der Waals surface area contributed by atoms with Crippen LogP contribution in [0.3, 0.4) is 0 Å². The van der Waals surface area contributed by atoms with E-state index in [2.05, 4.69) is 43.9 Å². The Hall–Kier alpha value is -1.00. The average Bonchev–Trinajstić information content (AvgIpc) is 2.48. The van der Waals surface area contributed by atoms with Crippen molar-refractivity contribution in [2.24, 2.45) is 0 Å². The molecule has 0 aromatic rings. The number of hydrogen-bond donors (Lipinski definition) is 1. The molecule has 21 heavy (non-hydrogen) atoms. The molecule has 1 N–H and O–H groups in total. The van der Waals surface area contributed by atoms with E-state index in [0.717, 1.165) is 19.3 Å². The molecule has 0 fully saturated rings. The zero-order valence-corrected chi connectivity index (χ0v) is 14.1. The number of allylic oxidation sites excluding steroid dienone is 4. The van der Waals surface area contributed by atoms with Crippen LogP contribution in [0, 0.1) is 11.8 Å². The van der Waals surface area contributed by atoms with E-state index in [1.807, 2.05) is 6.08 Å². The standard InChI is InChI=1S/C20H34O/c1-3-5-7-8-9-10-11-12-13-14-15-17-19-20(21)18-16-6-4-2/h8-9,14-15,20-21H,3-7,10-13,16,18H2,1-2H3/b9-8-,15-14-/t20-/m0/s1. The van der Waals surface area contributed by atoms with Crippen LogP contribution >= 0.6 is 0 Å². The summed E-state index contributed by atoms with van der Waals surface area (Å²) >= 11 is 0. The quantitative estimate of drug-likeness (QED) is 0.274. The Morgan fingerprint density at radius 2 is 1.43 bits per heavy atom. The van der Waals surface area contributed by atoms with E-state index in [9.17, 15) is 5.11 Å². The molecule has 0 aliphatic carbocycles. The van der Waals surface area contributed by atoms with Crippen LogP contribution in [0.1, 0.15) is 84.5 Å². The van der Waals surface area contributed by atoms with Gasteiger partial charge in [0.15, 0.2) is 0 Å². The summed E-state index contributed by atoms with van der Waals surface area (Å²) in [6.07, 6.45) is 21.0. The Kier molecular flexibility index (Phi) is 16.2. The Labute approximate surface area is 132 Å². The summed E-state index contributed by atoms with van der Waals surface area (Å²) in [5.41, 5.74) is 0. The van der Waals surface area contributed by atoms with Gasteiger partial charge >= 0.3 is 0 Å². The van der Waals surface area contributed by atoms with Gasteiger partial charge in [0.05, 0.1) is 0 Å². The molecular formula is C20H34O. The second kappa shape index (κ2) is 17.1. The first kappa shape index (κ1) is 20.0. The third kappa shape index (κ3) is 16.9. The van der Waals surface area contributed by atoms with Gasteiger partial charge in [0, 0.05) is 0 Å². The van der Waals surface area contributed by atoms with Gasteiger partial charge in [-0.05, 0) is 51.0 Å². The van der Waals surface area contributed by atoms with Crippen molar-refractivity contribution in [2.75, 3.05) is 0 Å². The van der Waals surface area contributed by atoms with Gasteiger partial charge in [-0.3, -0.25) is 0 Å². The van der Waals surface area contributed by atoms with Gasteiger partial charge in [0.25, 0.3) is 0 Å². The minimum absolute atomic E-state index is 0.450. The SMILES string of the molecule is CCCC/C=C\CCCC/C=C\C#C[C@@H](O)CCCCC. The van der Waals surface area contributed by atoms with E-state index in [1.54, 1.807) is 0 Å². The second-order valence-corrected chi connectivity index (χ2v) is 5.60. The topological polar surface area (TPSA) is 20.2 Å². The van der Waals surface area contributed by atoms with E-state index in [0.29, 0.717) is 0 Å². The van der Waals surface area contributed by atoms with Crippen molar-refractivity contribution in [3.05, 3.63) is 24.3 Å². The summed E-state index contributed by atoms with van der Waals surface area (Å²) in [7, 11) is 0. The Balaban J connectivity index is 3.45. The molecule has 0 saturated carbocycles. The first-order valence-corrected chi connectivity index (χ1v) is 8.80. The highest BCUT2D eigenvalue weighted by Crippen LogP contribution is 2.04. The summed E-state index contributed by atoms with van der Waals surface area (Å²) in [6.45, 7) is 4.40. The average molecular weight is 290 g/mol. The summed E-state index contributed by atoms with van der Waals surface area (Å²) in [6, 6.07) is 0. The molecule has 0 heterocycles. The van der Waals surface area contributed by atoms with Crippen LogP contribution in [0.25, 0.3) is 0 Å². The maximum absolute atomic E-state index is 9.62. The first-order chi connectivity index (χ1) is 10.3. The molecule has 0 amide bonds. The Morgan fingerprint density at radius 1 is 0.810 bits per heavy atom. The molecule has 0 rings (SSSR count). The molecule has 0 spiro atoms. The summed E-state index contributed by atoms with van der Waals surface area (Å²) in [5, 5.41) is 9.62. The fourth-order valence-corrected chi connectivity index (χ4v) is 2.03. The predicted molar refractivity (Wildman–Crippen MR) is 94.2 cm³/mol. The van der Waals surface area contributed by atoms with Crippen LogP contribution in [0.15, 0.2) is 24.3 Å². The highest BCUT2D eigenvalue weighted by molar-refractivity contribution is 5.17. The third-order valence-electron chi connectivity index (χ3n) is 3.41. The molecule has 0 aromatic carbocycles. The molecule has 0 radical (unpaired) electrons. The van der Waals surface area contributed by atoms with Crippen LogP contribution in [0.2, 0.25) is 0 Å². The fraction of sp³-hybridized carbons (Fsp3) is 0.700. The van der Waals surface area contributed by atoms with Crippen molar-refractivity contribution in [3.8, 4) is 11.8 Å². The molecule has 1 nitrogen and oxygen atoms in total. The van der Waals surface area contributed by atoms with Crippen LogP contribution in [0.5, 0.6) is 0 Å². The fourth-order valence-electron chi connectivity index (χ4n) is 2.03. The predicted octanol–water partition coefficient (Wildman–Crippen LogP) is 5.79. The van der Waals surface area contributed by atoms with Gasteiger partial charge in [0.2, 0.25) is 0 Å². The summed E-state index contributed by atoms with van der Waals surface area (Å²) < 4.78 is 0. The zero-order valence-electron chi connectivity index (χ0n) is 14.1. The van der Waals surface area contributed by atoms with Gasteiger partial charge in [-0.25, -0.2) is 0 Å². The Bertz CT molecular complexity index is 316. The number of aliphatic hydroxyl groups excluding tert-OH is 1. The number of aliphatic hydroxyl groups is 1. The molecule has 0 aromatic heterocycles. The second-order valence-electron chi connectivity index (χ2n) is 5.60. The Morgan fingerprint density at radius 3 is 2.10 bits per heavy atom. The van der Waals surface area contributed by atoms with Crippen LogP contribution in [-0.4, -0.2) is 11.2 Å². The smallest absolute Gasteiger partial charge is 0.115 e. The van der Waals surface area contributed by atoms with Crippen LogP contribution in [-0.2, 0) is 0 Å². The van der Waals surface area contributed by atoms with Gasteiger partial charge in [0.1, 0.15) is 6.10 Å². The lowest BCUT2D eigenvalue weighted by Crippen LogP contribution is -2.01. The van der Waals surface area contributed by atoms with Crippen molar-refractivity contribution >= 4 is 0 Å². The van der Waals surface area contributed by atoms with Gasteiger partial charge < -0.3 is 5.11 Å². The normalized spacial score (nSPS) is 12.7. The highest BCUT2D eigenvalue weighted by atomic mass is 16.3. The van der Waals surface area contributed by atoms with Crippen molar-refractivity contribution in [1.82, 2.24) is 0 Å². The number of unbranched alkanes of at least 4 members (excludes halogenated alkanes) is 7. The highest BCUT2D eigenvalue weighted by Gasteiger charge is 1.96. The molecule has 120 valence electrons. The van der Waals surface area contributed by atoms with Crippen molar-refractivity contribution in [2.45, 2.75) is 90.6 Å². The van der Waals surface area contributed by atoms with E-state index in [4.69, 9.17) is 0 Å². The summed E-state index contributed by atoms with van der Waals surface area (Å²) in [5.74, 6) is 5.82. The molecule has 0 aliphatic rings. The van der Waals surface area contributed by atoms with E-state index in [-0.39, 0.29) is 0 Å². The zero-order chi connectivity index (χ0) is 15.6. The van der Waals surface area contributed by atoms with E-state index >= 15 is 0 Å². The van der Waals surface area contributed by atoms with Crippen LogP contribution < -0.4 is 0 Å². The van der Waals surface area contributed by atoms with E-state index in [1.165, 1.54) is 51.4 Å². The van der Waals surface area contributed by atoms with Gasteiger partial charge in [-0.2, -0.15) is 0 Å². The summed E-state index contributed by atoms with van der Waals surface area (Å²) in [4.78, 5) is 0. The molecular weight excluding hydrogens is 256 g/mol. The molecule has 0 bridgehead atoms. The monoisotopic (exact) mass is 290 g/mol.